The van der Waals surface area contributed by atoms with Gasteiger partial charge in [0.2, 0.25) is 5.91 Å². The fourth-order valence-electron chi connectivity index (χ4n) is 8.64. The van der Waals surface area contributed by atoms with Gasteiger partial charge in [0, 0.05) is 48.7 Å². The zero-order valence-electron chi connectivity index (χ0n) is 24.6. The molecule has 2 aromatic carbocycles. The standard InChI is InChI=1S/C35H42N2O4/c1-22(2)20-37(32(39)16-11-24-7-5-4-6-8-24)28-13-12-27-29-19-26-30(40-23(3)38)14-15-31-33(26)35(27,34(28)41-31)17-18-36(29)21-25-9-10-25/h4-8,11,14-16,22,25,27-29,34H,9-10,12-13,17-21H2,1-3H3/t27-,28+,29+,34-,35-/m0/s1. The first-order chi connectivity index (χ1) is 19.8. The van der Waals surface area contributed by atoms with Crippen molar-refractivity contribution < 1.29 is 19.1 Å². The van der Waals surface area contributed by atoms with E-state index < -0.39 is 0 Å². The molecule has 2 bridgehead atoms. The lowest BCUT2D eigenvalue weighted by Gasteiger charge is -2.60. The predicted molar refractivity (Wildman–Crippen MR) is 159 cm³/mol. The summed E-state index contributed by atoms with van der Waals surface area (Å²) < 4.78 is 12.8. The Hall–Kier alpha value is -3.12. The Bertz CT molecular complexity index is 1370. The molecule has 2 aromatic rings. The summed E-state index contributed by atoms with van der Waals surface area (Å²) in [7, 11) is 0. The van der Waals surface area contributed by atoms with Crippen LogP contribution in [-0.2, 0) is 21.4 Å². The second kappa shape index (κ2) is 10.3. The Kier molecular flexibility index (Phi) is 6.72. The molecule has 7 rings (SSSR count). The summed E-state index contributed by atoms with van der Waals surface area (Å²) in [5.74, 6) is 3.05. The van der Waals surface area contributed by atoms with E-state index in [1.165, 1.54) is 31.9 Å². The first kappa shape index (κ1) is 26.8. The summed E-state index contributed by atoms with van der Waals surface area (Å²) >= 11 is 0. The van der Waals surface area contributed by atoms with Gasteiger partial charge in [-0.25, -0.2) is 0 Å². The van der Waals surface area contributed by atoms with E-state index in [1.807, 2.05) is 48.5 Å². The molecule has 1 spiro atoms. The fraction of sp³-hybridized carbons (Fsp3) is 0.543. The number of benzene rings is 2. The number of carbonyl (C=O) groups is 2. The van der Waals surface area contributed by atoms with Crippen LogP contribution in [0.3, 0.4) is 0 Å². The zero-order chi connectivity index (χ0) is 28.3. The van der Waals surface area contributed by atoms with Crippen LogP contribution in [0.25, 0.3) is 6.08 Å². The van der Waals surface area contributed by atoms with Gasteiger partial charge < -0.3 is 14.4 Å². The number of rotatable bonds is 8. The summed E-state index contributed by atoms with van der Waals surface area (Å²) in [5, 5.41) is 0. The molecule has 6 heteroatoms. The van der Waals surface area contributed by atoms with Crippen LogP contribution in [0.2, 0.25) is 0 Å². The van der Waals surface area contributed by atoms with E-state index in [0.29, 0.717) is 30.2 Å². The van der Waals surface area contributed by atoms with Crippen LogP contribution in [0.5, 0.6) is 11.5 Å². The maximum Gasteiger partial charge on any atom is 0.308 e. The first-order valence-electron chi connectivity index (χ1n) is 15.6. The van der Waals surface area contributed by atoms with Crippen molar-refractivity contribution in [2.75, 3.05) is 19.6 Å². The molecule has 2 aliphatic heterocycles. The van der Waals surface area contributed by atoms with E-state index in [0.717, 1.165) is 55.0 Å². The topological polar surface area (TPSA) is 59.1 Å². The molecule has 0 radical (unpaired) electrons. The molecule has 1 amide bonds. The SMILES string of the molecule is CC(=O)Oc1ccc2c3c1C[C@@H]1[C@@H]4CC[C@@H](N(CC(C)C)C(=O)C=Cc5ccccc5)[C@H](O2)[C@]34CCN1CC1CC1. The lowest BCUT2D eigenvalue weighted by molar-refractivity contribution is -0.139. The highest BCUT2D eigenvalue weighted by Crippen LogP contribution is 2.64. The zero-order valence-corrected chi connectivity index (χ0v) is 24.6. The van der Waals surface area contributed by atoms with Crippen LogP contribution >= 0.6 is 0 Å². The van der Waals surface area contributed by atoms with Gasteiger partial charge in [-0.2, -0.15) is 0 Å². The van der Waals surface area contributed by atoms with E-state index in [1.54, 1.807) is 6.08 Å². The highest BCUT2D eigenvalue weighted by molar-refractivity contribution is 5.92. The Labute approximate surface area is 243 Å². The Balaban J connectivity index is 1.28. The number of piperidine rings is 1. The number of nitrogens with zero attached hydrogens (tertiary/aromatic N) is 2. The molecule has 216 valence electrons. The van der Waals surface area contributed by atoms with Crippen molar-refractivity contribution in [3.63, 3.8) is 0 Å². The first-order valence-corrected chi connectivity index (χ1v) is 15.6. The molecule has 3 fully saturated rings. The number of likely N-dealkylation sites (tertiary alicyclic amines) is 1. The minimum absolute atomic E-state index is 0.00673. The molecule has 5 aliphatic rings. The minimum Gasteiger partial charge on any atom is -0.487 e. The van der Waals surface area contributed by atoms with E-state index in [2.05, 4.69) is 23.6 Å². The van der Waals surface area contributed by atoms with Crippen molar-refractivity contribution in [3.05, 3.63) is 65.2 Å². The smallest absolute Gasteiger partial charge is 0.308 e. The van der Waals surface area contributed by atoms with Gasteiger partial charge in [0.15, 0.2) is 0 Å². The van der Waals surface area contributed by atoms with Gasteiger partial charge in [-0.3, -0.25) is 14.5 Å². The van der Waals surface area contributed by atoms with Gasteiger partial charge in [-0.1, -0.05) is 44.2 Å². The quantitative estimate of drug-likeness (QED) is 0.241. The second-order valence-corrected chi connectivity index (χ2v) is 13.4. The summed E-state index contributed by atoms with van der Waals surface area (Å²) in [6.07, 6.45) is 10.2. The van der Waals surface area contributed by atoms with Crippen LogP contribution in [0, 0.1) is 17.8 Å². The monoisotopic (exact) mass is 554 g/mol. The molecule has 0 unspecified atom stereocenters. The lowest BCUT2D eigenvalue weighted by atomic mass is 9.50. The number of amides is 1. The van der Waals surface area contributed by atoms with E-state index >= 15 is 0 Å². The molecule has 2 saturated carbocycles. The third-order valence-electron chi connectivity index (χ3n) is 10.3. The number of hydrogen-bond donors (Lipinski definition) is 0. The predicted octanol–water partition coefficient (Wildman–Crippen LogP) is 5.63. The van der Waals surface area contributed by atoms with Crippen molar-refractivity contribution in [1.82, 2.24) is 9.80 Å². The third kappa shape index (κ3) is 4.59. The van der Waals surface area contributed by atoms with Crippen LogP contribution in [0.4, 0.5) is 0 Å². The van der Waals surface area contributed by atoms with Gasteiger partial charge >= 0.3 is 5.97 Å². The molecule has 41 heavy (non-hydrogen) atoms. The summed E-state index contributed by atoms with van der Waals surface area (Å²) in [5.41, 5.74) is 3.30. The summed E-state index contributed by atoms with van der Waals surface area (Å²) in [6, 6.07) is 14.4. The maximum absolute atomic E-state index is 13.9. The Morgan fingerprint density at radius 1 is 1.12 bits per heavy atom. The highest BCUT2D eigenvalue weighted by atomic mass is 16.5. The van der Waals surface area contributed by atoms with Crippen LogP contribution in [0.1, 0.15) is 69.6 Å². The van der Waals surface area contributed by atoms with Crippen molar-refractivity contribution in [2.45, 2.75) is 82.9 Å². The van der Waals surface area contributed by atoms with Crippen molar-refractivity contribution in [1.29, 1.82) is 0 Å². The van der Waals surface area contributed by atoms with Gasteiger partial charge in [-0.15, -0.1) is 0 Å². The van der Waals surface area contributed by atoms with E-state index in [-0.39, 0.29) is 29.4 Å². The van der Waals surface area contributed by atoms with Crippen LogP contribution in [0.15, 0.2) is 48.5 Å². The van der Waals surface area contributed by atoms with E-state index in [9.17, 15) is 9.59 Å². The third-order valence-corrected chi connectivity index (χ3v) is 10.3. The number of esters is 1. The normalized spacial score (nSPS) is 29.8. The van der Waals surface area contributed by atoms with Crippen molar-refractivity contribution in [3.8, 4) is 11.5 Å². The van der Waals surface area contributed by atoms with Crippen molar-refractivity contribution in [2.24, 2.45) is 17.8 Å². The highest BCUT2D eigenvalue weighted by Gasteiger charge is 2.66. The molecular weight excluding hydrogens is 512 g/mol. The Morgan fingerprint density at radius 2 is 1.93 bits per heavy atom. The molecule has 1 saturated heterocycles. The largest absolute Gasteiger partial charge is 0.487 e. The summed E-state index contributed by atoms with van der Waals surface area (Å²) in [6.45, 7) is 8.79. The van der Waals surface area contributed by atoms with E-state index in [4.69, 9.17) is 9.47 Å². The van der Waals surface area contributed by atoms with Gasteiger partial charge in [-0.05, 0) is 86.6 Å². The van der Waals surface area contributed by atoms with Crippen molar-refractivity contribution >= 4 is 18.0 Å². The molecule has 0 N–H and O–H groups in total. The second-order valence-electron chi connectivity index (χ2n) is 13.4. The average molecular weight is 555 g/mol. The fourth-order valence-corrected chi connectivity index (χ4v) is 8.64. The Morgan fingerprint density at radius 3 is 2.66 bits per heavy atom. The molecule has 0 aromatic heterocycles. The summed E-state index contributed by atoms with van der Waals surface area (Å²) in [4.78, 5) is 30.9. The van der Waals surface area contributed by atoms with Crippen LogP contribution < -0.4 is 9.47 Å². The molecule has 5 atom stereocenters. The van der Waals surface area contributed by atoms with Gasteiger partial charge in [0.25, 0.3) is 0 Å². The molecular formula is C35H42N2O4. The lowest BCUT2D eigenvalue weighted by Crippen LogP contribution is -2.69. The minimum atomic E-state index is -0.281. The van der Waals surface area contributed by atoms with Gasteiger partial charge in [0.05, 0.1) is 6.04 Å². The van der Waals surface area contributed by atoms with Crippen LogP contribution in [-0.4, -0.2) is 59.5 Å². The van der Waals surface area contributed by atoms with Gasteiger partial charge in [0.1, 0.15) is 17.6 Å². The average Bonchev–Trinajstić information content (AvgIpc) is 3.71. The number of carbonyl (C=O) groups excluding carboxylic acids is 2. The molecule has 2 heterocycles. The number of ether oxygens (including phenoxy) is 2. The molecule has 6 nitrogen and oxygen atoms in total. The number of hydrogen-bond acceptors (Lipinski definition) is 5. The molecule has 3 aliphatic carbocycles. The maximum atomic E-state index is 13.9.